The van der Waals surface area contributed by atoms with Crippen molar-refractivity contribution in [1.82, 2.24) is 20.0 Å². The lowest BCUT2D eigenvalue weighted by Crippen LogP contribution is -2.31. The molecule has 0 spiro atoms. The summed E-state index contributed by atoms with van der Waals surface area (Å²) in [6.45, 7) is 1.96. The SMILES string of the molecule is OCCNCC1CCC(C2CC=Nn3cnc4nccc-4c32)CC1. The number of aromatic nitrogens is 3. The van der Waals surface area contributed by atoms with Gasteiger partial charge in [0, 0.05) is 30.4 Å². The van der Waals surface area contributed by atoms with Crippen LogP contribution in [0.3, 0.4) is 0 Å². The zero-order valence-corrected chi connectivity index (χ0v) is 13.9. The van der Waals surface area contributed by atoms with Crippen LogP contribution in [0, 0.1) is 11.8 Å². The standard InChI is InChI=1S/C18H25N5O/c24-10-9-19-11-13-1-3-14(4-2-13)15-6-8-22-23-12-21-18-16(17(15)23)5-7-20-18/h5,7-8,12-15,19,24H,1-4,6,9-11H2. The van der Waals surface area contributed by atoms with Gasteiger partial charge in [-0.25, -0.2) is 14.6 Å². The zero-order valence-electron chi connectivity index (χ0n) is 13.9. The van der Waals surface area contributed by atoms with Crippen LogP contribution in [0.15, 0.2) is 23.7 Å². The van der Waals surface area contributed by atoms with Crippen molar-refractivity contribution in [3.8, 4) is 11.4 Å². The third kappa shape index (κ3) is 2.96. The van der Waals surface area contributed by atoms with E-state index in [0.29, 0.717) is 18.4 Å². The van der Waals surface area contributed by atoms with Gasteiger partial charge in [-0.05, 0) is 56.6 Å². The number of fused-ring (bicyclic) bond motifs is 3. The molecule has 0 radical (unpaired) electrons. The van der Waals surface area contributed by atoms with Gasteiger partial charge in [-0.2, -0.15) is 5.10 Å². The second-order valence-electron chi connectivity index (χ2n) is 7.01. The summed E-state index contributed by atoms with van der Waals surface area (Å²) in [5, 5.41) is 16.7. The molecule has 4 aliphatic rings. The first-order chi connectivity index (χ1) is 11.9. The molecule has 6 heteroatoms. The topological polar surface area (TPSA) is 75.3 Å². The maximum Gasteiger partial charge on any atom is 0.162 e. The Kier molecular flexibility index (Phi) is 4.58. The molecule has 1 unspecified atom stereocenters. The Hall–Kier alpha value is -1.79. The van der Waals surface area contributed by atoms with Gasteiger partial charge in [-0.1, -0.05) is 0 Å². The van der Waals surface area contributed by atoms with E-state index in [1.807, 2.05) is 17.1 Å². The summed E-state index contributed by atoms with van der Waals surface area (Å²) < 4.78 is 1.95. The monoisotopic (exact) mass is 327 g/mol. The first kappa shape index (κ1) is 15.7. The van der Waals surface area contributed by atoms with Gasteiger partial charge in [-0.15, -0.1) is 0 Å². The number of nitrogens with one attached hydrogen (secondary N) is 1. The molecule has 1 atom stereocenters. The van der Waals surface area contributed by atoms with Gasteiger partial charge in [0.15, 0.2) is 5.82 Å². The largest absolute Gasteiger partial charge is 0.395 e. The highest BCUT2D eigenvalue weighted by atomic mass is 16.3. The summed E-state index contributed by atoms with van der Waals surface area (Å²) in [6, 6.07) is 2.08. The van der Waals surface area contributed by atoms with Crippen LogP contribution in [0.4, 0.5) is 0 Å². The molecule has 1 fully saturated rings. The molecule has 0 aromatic rings. The Morgan fingerprint density at radius 1 is 1.21 bits per heavy atom. The molecular weight excluding hydrogens is 302 g/mol. The molecule has 4 rings (SSSR count). The van der Waals surface area contributed by atoms with Gasteiger partial charge in [0.1, 0.15) is 6.33 Å². The fourth-order valence-electron chi connectivity index (χ4n) is 4.34. The number of aliphatic hydroxyl groups excluding tert-OH is 1. The van der Waals surface area contributed by atoms with E-state index in [0.717, 1.165) is 30.3 Å². The molecule has 1 aliphatic carbocycles. The van der Waals surface area contributed by atoms with Gasteiger partial charge in [0.25, 0.3) is 0 Å². The first-order valence-corrected chi connectivity index (χ1v) is 9.03. The van der Waals surface area contributed by atoms with E-state index in [4.69, 9.17) is 5.11 Å². The molecule has 3 heterocycles. The average molecular weight is 327 g/mol. The van der Waals surface area contributed by atoms with Crippen molar-refractivity contribution in [3.05, 3.63) is 24.3 Å². The third-order valence-electron chi connectivity index (χ3n) is 5.59. The Morgan fingerprint density at radius 3 is 2.92 bits per heavy atom. The van der Waals surface area contributed by atoms with Crippen LogP contribution in [0.1, 0.15) is 43.7 Å². The fourth-order valence-corrected chi connectivity index (χ4v) is 4.34. The second kappa shape index (κ2) is 6.99. The van der Waals surface area contributed by atoms with Gasteiger partial charge < -0.3 is 10.4 Å². The van der Waals surface area contributed by atoms with E-state index in [9.17, 15) is 0 Å². The van der Waals surface area contributed by atoms with Gasteiger partial charge in [0.2, 0.25) is 0 Å². The Bertz CT molecular complexity index is 674. The maximum atomic E-state index is 8.88. The summed E-state index contributed by atoms with van der Waals surface area (Å²) in [4.78, 5) is 8.75. The fraction of sp³-hybridized carbons (Fsp3) is 0.611. The van der Waals surface area contributed by atoms with Gasteiger partial charge in [0.05, 0.1) is 12.3 Å². The van der Waals surface area contributed by atoms with E-state index in [-0.39, 0.29) is 6.61 Å². The lowest BCUT2D eigenvalue weighted by Gasteiger charge is -2.36. The summed E-state index contributed by atoms with van der Waals surface area (Å²) in [7, 11) is 0. The third-order valence-corrected chi connectivity index (χ3v) is 5.59. The smallest absolute Gasteiger partial charge is 0.162 e. The zero-order chi connectivity index (χ0) is 16.4. The number of hydrogen-bond donors (Lipinski definition) is 2. The molecular formula is C18H25N5O. The van der Waals surface area contributed by atoms with E-state index < -0.39 is 0 Å². The lowest BCUT2D eigenvalue weighted by atomic mass is 9.72. The molecule has 24 heavy (non-hydrogen) atoms. The number of nitrogens with zero attached hydrogens (tertiary/aromatic N) is 4. The minimum atomic E-state index is 0.225. The summed E-state index contributed by atoms with van der Waals surface area (Å²) in [6.07, 6.45) is 11.8. The van der Waals surface area contributed by atoms with Crippen molar-refractivity contribution in [2.45, 2.75) is 38.0 Å². The van der Waals surface area contributed by atoms with Crippen LogP contribution in [0.5, 0.6) is 0 Å². The van der Waals surface area contributed by atoms with E-state index in [1.54, 1.807) is 6.33 Å². The number of rotatable bonds is 5. The predicted molar refractivity (Wildman–Crippen MR) is 93.3 cm³/mol. The molecule has 3 aliphatic heterocycles. The highest BCUT2D eigenvalue weighted by Crippen LogP contribution is 2.43. The Labute approximate surface area is 142 Å². The Balaban J connectivity index is 1.47. The van der Waals surface area contributed by atoms with E-state index in [1.165, 1.54) is 31.4 Å². The van der Waals surface area contributed by atoms with Crippen LogP contribution in [0.2, 0.25) is 0 Å². The normalized spacial score (nSPS) is 26.6. The van der Waals surface area contributed by atoms with Gasteiger partial charge >= 0.3 is 0 Å². The number of hydrogen-bond acceptors (Lipinski definition) is 5. The Morgan fingerprint density at radius 2 is 2.08 bits per heavy atom. The molecule has 0 aromatic carbocycles. The molecule has 0 bridgehead atoms. The van der Waals surface area contributed by atoms with Crippen LogP contribution in [-0.2, 0) is 0 Å². The van der Waals surface area contributed by atoms with E-state index >= 15 is 0 Å². The highest BCUT2D eigenvalue weighted by Gasteiger charge is 2.33. The van der Waals surface area contributed by atoms with Crippen molar-refractivity contribution >= 4 is 6.21 Å². The summed E-state index contributed by atoms with van der Waals surface area (Å²) in [5.41, 5.74) is 2.45. The lowest BCUT2D eigenvalue weighted by molar-refractivity contribution is 0.227. The number of aliphatic hydroxyl groups is 1. The summed E-state index contributed by atoms with van der Waals surface area (Å²) >= 11 is 0. The average Bonchev–Trinajstić information content (AvgIpc) is 3.11. The summed E-state index contributed by atoms with van der Waals surface area (Å²) in [5.74, 6) is 2.81. The van der Waals surface area contributed by atoms with Crippen LogP contribution in [0.25, 0.3) is 11.4 Å². The van der Waals surface area contributed by atoms with Crippen molar-refractivity contribution in [2.75, 3.05) is 19.7 Å². The van der Waals surface area contributed by atoms with Crippen molar-refractivity contribution in [2.24, 2.45) is 16.9 Å². The van der Waals surface area contributed by atoms with E-state index in [2.05, 4.69) is 26.5 Å². The van der Waals surface area contributed by atoms with Crippen molar-refractivity contribution in [3.63, 3.8) is 0 Å². The molecule has 1 saturated carbocycles. The van der Waals surface area contributed by atoms with Crippen LogP contribution >= 0.6 is 0 Å². The van der Waals surface area contributed by atoms with Crippen LogP contribution in [-0.4, -0.2) is 45.7 Å². The van der Waals surface area contributed by atoms with Gasteiger partial charge in [-0.3, -0.25) is 0 Å². The minimum absolute atomic E-state index is 0.225. The predicted octanol–water partition coefficient (Wildman–Crippen LogP) is 2.09. The quantitative estimate of drug-likeness (QED) is 0.825. The first-order valence-electron chi connectivity index (χ1n) is 9.03. The highest BCUT2D eigenvalue weighted by molar-refractivity contribution is 5.66. The molecule has 0 saturated heterocycles. The van der Waals surface area contributed by atoms with Crippen molar-refractivity contribution < 1.29 is 5.11 Å². The molecule has 128 valence electrons. The maximum absolute atomic E-state index is 8.88. The molecule has 2 N–H and O–H groups in total. The van der Waals surface area contributed by atoms with Crippen molar-refractivity contribution in [1.29, 1.82) is 0 Å². The molecule has 0 aromatic heterocycles. The second-order valence-corrected chi connectivity index (χ2v) is 7.01. The minimum Gasteiger partial charge on any atom is -0.395 e. The molecule has 6 nitrogen and oxygen atoms in total. The molecule has 0 amide bonds. The van der Waals surface area contributed by atoms with Crippen LogP contribution < -0.4 is 5.32 Å².